The first-order valence-corrected chi connectivity index (χ1v) is 10.6. The molecule has 30 heavy (non-hydrogen) atoms. The Bertz CT molecular complexity index is 1010. The summed E-state index contributed by atoms with van der Waals surface area (Å²) in [5.74, 6) is -1.64. The van der Waals surface area contributed by atoms with Gasteiger partial charge in [-0.05, 0) is 48.6 Å². The molecule has 7 nitrogen and oxygen atoms in total. The molecule has 154 valence electrons. The van der Waals surface area contributed by atoms with Gasteiger partial charge < -0.3 is 5.32 Å². The fourth-order valence-corrected chi connectivity index (χ4v) is 4.10. The lowest BCUT2D eigenvalue weighted by Gasteiger charge is -2.31. The summed E-state index contributed by atoms with van der Waals surface area (Å²) in [5, 5.41) is 8.33. The second-order valence-corrected chi connectivity index (χ2v) is 7.67. The number of hydrogen-bond donors (Lipinski definition) is 1. The molecule has 1 aliphatic carbocycles. The molecule has 0 bridgehead atoms. The number of anilines is 1. The molecule has 0 saturated heterocycles. The molecule has 0 unspecified atom stereocenters. The number of benzene rings is 1. The van der Waals surface area contributed by atoms with Crippen molar-refractivity contribution in [2.24, 2.45) is 0 Å². The van der Waals surface area contributed by atoms with Crippen molar-refractivity contribution in [2.45, 2.75) is 37.8 Å². The summed E-state index contributed by atoms with van der Waals surface area (Å²) in [5.41, 5.74) is 0.360. The first-order valence-electron chi connectivity index (χ1n) is 9.71. The maximum atomic E-state index is 14.8. The third kappa shape index (κ3) is 4.20. The number of nitrogens with one attached hydrogen (secondary N) is 1. The van der Waals surface area contributed by atoms with Crippen molar-refractivity contribution in [3.63, 3.8) is 0 Å². The summed E-state index contributed by atoms with van der Waals surface area (Å²) in [7, 11) is 0. The van der Waals surface area contributed by atoms with Crippen LogP contribution in [0.3, 0.4) is 0 Å². The van der Waals surface area contributed by atoms with E-state index in [9.17, 15) is 14.0 Å². The van der Waals surface area contributed by atoms with E-state index >= 15 is 0 Å². The van der Waals surface area contributed by atoms with E-state index in [-0.39, 0.29) is 17.4 Å². The van der Waals surface area contributed by atoms with Crippen molar-refractivity contribution in [2.75, 3.05) is 4.90 Å². The van der Waals surface area contributed by atoms with Gasteiger partial charge in [-0.25, -0.2) is 4.39 Å². The number of halogens is 1. The van der Waals surface area contributed by atoms with Crippen LogP contribution in [0.5, 0.6) is 0 Å². The Morgan fingerprint density at radius 2 is 1.90 bits per heavy atom. The average molecular weight is 425 g/mol. The quantitative estimate of drug-likeness (QED) is 0.653. The molecule has 0 spiro atoms. The molecule has 3 aromatic rings. The van der Waals surface area contributed by atoms with E-state index in [0.29, 0.717) is 5.69 Å². The van der Waals surface area contributed by atoms with Crippen molar-refractivity contribution < 1.29 is 14.0 Å². The van der Waals surface area contributed by atoms with Crippen molar-refractivity contribution in [1.29, 1.82) is 0 Å². The smallest absolute Gasteiger partial charge is 0.280 e. The third-order valence-electron chi connectivity index (χ3n) is 5.09. The van der Waals surface area contributed by atoms with E-state index < -0.39 is 23.7 Å². The lowest BCUT2D eigenvalue weighted by Crippen LogP contribution is -2.47. The highest BCUT2D eigenvalue weighted by Crippen LogP contribution is 2.31. The zero-order valence-corrected chi connectivity index (χ0v) is 16.9. The monoisotopic (exact) mass is 425 g/mol. The van der Waals surface area contributed by atoms with Crippen molar-refractivity contribution >= 4 is 29.0 Å². The molecule has 4 rings (SSSR count). The standard InChI is InChI=1S/C21H20FN5O2S/c22-15-9-3-4-11-18(15)27(21(29)17-13-30-26-25-17)19(16-10-5-6-12-23-16)20(28)24-14-7-1-2-8-14/h3-6,9-14,19H,1-2,7-8H2,(H,24,28)/t19-/m0/s1. The third-order valence-corrected chi connectivity index (χ3v) is 5.59. The SMILES string of the molecule is O=C(NC1CCCC1)[C@H](c1ccccn1)N(C(=O)c1csnn1)c1ccccc1F. The molecular formula is C21H20FN5O2S. The number of hydrogen-bond acceptors (Lipinski definition) is 6. The highest BCUT2D eigenvalue weighted by Gasteiger charge is 2.37. The van der Waals surface area contributed by atoms with Crippen LogP contribution < -0.4 is 10.2 Å². The number of pyridine rings is 1. The zero-order chi connectivity index (χ0) is 20.9. The van der Waals surface area contributed by atoms with Crippen LogP contribution in [0.25, 0.3) is 0 Å². The lowest BCUT2D eigenvalue weighted by molar-refractivity contribution is -0.123. The number of amides is 2. The Hall–Kier alpha value is -3.20. The molecule has 2 aromatic heterocycles. The Morgan fingerprint density at radius 1 is 1.13 bits per heavy atom. The van der Waals surface area contributed by atoms with Crippen LogP contribution in [0, 0.1) is 5.82 Å². The second kappa shape index (κ2) is 9.08. The lowest BCUT2D eigenvalue weighted by atomic mass is 10.1. The van der Waals surface area contributed by atoms with E-state index in [4.69, 9.17) is 0 Å². The predicted octanol–water partition coefficient (Wildman–Crippen LogP) is 3.52. The van der Waals surface area contributed by atoms with Crippen molar-refractivity contribution in [3.05, 3.63) is 71.2 Å². The minimum absolute atomic E-state index is 0.0206. The number of nitrogens with zero attached hydrogens (tertiary/aromatic N) is 4. The Kier molecular flexibility index (Phi) is 6.08. The van der Waals surface area contributed by atoms with Crippen molar-refractivity contribution in [3.8, 4) is 0 Å². The van der Waals surface area contributed by atoms with Crippen molar-refractivity contribution in [1.82, 2.24) is 19.9 Å². The predicted molar refractivity (Wildman–Crippen MR) is 110 cm³/mol. The molecule has 1 saturated carbocycles. The highest BCUT2D eigenvalue weighted by molar-refractivity contribution is 7.03. The van der Waals surface area contributed by atoms with Crippen LogP contribution in [0.1, 0.15) is 47.9 Å². The summed E-state index contributed by atoms with van der Waals surface area (Å²) in [6.07, 6.45) is 5.38. The first kappa shape index (κ1) is 20.1. The largest absolute Gasteiger partial charge is 0.351 e. The minimum atomic E-state index is -1.15. The topological polar surface area (TPSA) is 88.1 Å². The van der Waals surface area contributed by atoms with Gasteiger partial charge in [0, 0.05) is 17.6 Å². The van der Waals surface area contributed by atoms with Gasteiger partial charge in [0.25, 0.3) is 5.91 Å². The van der Waals surface area contributed by atoms with Gasteiger partial charge in [0.2, 0.25) is 5.91 Å². The summed E-state index contributed by atoms with van der Waals surface area (Å²) in [6.45, 7) is 0. The molecule has 1 fully saturated rings. The van der Waals surface area contributed by atoms with E-state index in [1.54, 1.807) is 30.5 Å². The van der Waals surface area contributed by atoms with Crippen LogP contribution in [0.4, 0.5) is 10.1 Å². The molecule has 0 aliphatic heterocycles. The molecule has 1 aromatic carbocycles. The Morgan fingerprint density at radius 3 is 2.57 bits per heavy atom. The molecular weight excluding hydrogens is 405 g/mol. The zero-order valence-electron chi connectivity index (χ0n) is 16.1. The van der Waals surface area contributed by atoms with Gasteiger partial charge >= 0.3 is 0 Å². The van der Waals surface area contributed by atoms with E-state index in [1.807, 2.05) is 0 Å². The summed E-state index contributed by atoms with van der Waals surface area (Å²) < 4.78 is 18.5. The van der Waals surface area contributed by atoms with Crippen LogP contribution in [0.15, 0.2) is 54.0 Å². The first-order chi connectivity index (χ1) is 14.6. The average Bonchev–Trinajstić information content (AvgIpc) is 3.47. The molecule has 0 radical (unpaired) electrons. The number of carbonyl (C=O) groups is 2. The van der Waals surface area contributed by atoms with Gasteiger partial charge in [-0.3, -0.25) is 19.5 Å². The van der Waals surface area contributed by atoms with Gasteiger partial charge in [-0.1, -0.05) is 35.5 Å². The van der Waals surface area contributed by atoms with Gasteiger partial charge in [0.05, 0.1) is 11.4 Å². The van der Waals surface area contributed by atoms with Crippen LogP contribution in [0.2, 0.25) is 0 Å². The van der Waals surface area contributed by atoms with Crippen LogP contribution >= 0.6 is 11.5 Å². The second-order valence-electron chi connectivity index (χ2n) is 7.06. The van der Waals surface area contributed by atoms with Gasteiger partial charge in [-0.15, -0.1) is 5.10 Å². The Balaban J connectivity index is 1.80. The number of para-hydroxylation sites is 1. The normalized spacial score (nSPS) is 15.0. The molecule has 2 amide bonds. The number of aromatic nitrogens is 3. The molecule has 1 atom stereocenters. The molecule has 1 aliphatic rings. The van der Waals surface area contributed by atoms with Gasteiger partial charge in [0.1, 0.15) is 5.82 Å². The maximum absolute atomic E-state index is 14.8. The molecule has 1 N–H and O–H groups in total. The molecule has 9 heteroatoms. The van der Waals surface area contributed by atoms with E-state index in [2.05, 4.69) is 19.9 Å². The minimum Gasteiger partial charge on any atom is -0.351 e. The summed E-state index contributed by atoms with van der Waals surface area (Å²) in [4.78, 5) is 32.2. The fourth-order valence-electron chi connectivity index (χ4n) is 3.67. The van der Waals surface area contributed by atoms with Gasteiger partial charge in [-0.2, -0.15) is 0 Å². The summed E-state index contributed by atoms with van der Waals surface area (Å²) >= 11 is 1.01. The van der Waals surface area contributed by atoms with Crippen LogP contribution in [-0.4, -0.2) is 32.4 Å². The Labute approximate surface area is 177 Å². The van der Waals surface area contributed by atoms with Gasteiger partial charge in [0.15, 0.2) is 11.7 Å². The van der Waals surface area contributed by atoms with E-state index in [0.717, 1.165) is 42.1 Å². The summed E-state index contributed by atoms with van der Waals surface area (Å²) in [6, 6.07) is 9.83. The van der Waals surface area contributed by atoms with E-state index in [1.165, 1.54) is 23.6 Å². The number of rotatable bonds is 6. The number of carbonyl (C=O) groups excluding carboxylic acids is 2. The molecule has 2 heterocycles. The maximum Gasteiger partial charge on any atom is 0.280 e. The fraction of sp³-hybridized carbons (Fsp3) is 0.286. The highest BCUT2D eigenvalue weighted by atomic mass is 32.1. The van der Waals surface area contributed by atoms with Crippen LogP contribution in [-0.2, 0) is 4.79 Å².